The summed E-state index contributed by atoms with van der Waals surface area (Å²) >= 11 is 0. The number of nitrogens with zero attached hydrogens (tertiary/aromatic N) is 1. The lowest BCUT2D eigenvalue weighted by molar-refractivity contribution is -0.114. The summed E-state index contributed by atoms with van der Waals surface area (Å²) in [6, 6.07) is 12.6. The van der Waals surface area contributed by atoms with E-state index in [1.54, 1.807) is 37.6 Å². The molecular weight excluding hydrogens is 318 g/mol. The van der Waals surface area contributed by atoms with Crippen LogP contribution in [0.5, 0.6) is 5.75 Å². The van der Waals surface area contributed by atoms with Crippen LogP contribution < -0.4 is 15.4 Å². The molecule has 1 heterocycles. The lowest BCUT2D eigenvalue weighted by Crippen LogP contribution is -2.12. The lowest BCUT2D eigenvalue weighted by atomic mass is 10.1. The second-order valence-corrected chi connectivity index (χ2v) is 5.75. The molecule has 3 rings (SSSR count). The number of amides is 2. The van der Waals surface area contributed by atoms with Gasteiger partial charge in [-0.15, -0.1) is 0 Å². The first-order valence-corrected chi connectivity index (χ1v) is 7.80. The molecule has 2 aromatic carbocycles. The maximum absolute atomic E-state index is 12.7. The number of ether oxygens (including phenoxy) is 1. The van der Waals surface area contributed by atoms with E-state index < -0.39 is 0 Å². The molecule has 128 valence electrons. The number of anilines is 2. The van der Waals surface area contributed by atoms with Gasteiger partial charge in [-0.2, -0.15) is 0 Å². The van der Waals surface area contributed by atoms with Crippen molar-refractivity contribution in [3.8, 4) is 5.75 Å². The monoisotopic (exact) mass is 337 g/mol. The number of fused-ring (bicyclic) bond motifs is 1. The van der Waals surface area contributed by atoms with Crippen molar-refractivity contribution < 1.29 is 14.3 Å². The number of carbonyl (C=O) groups is 2. The van der Waals surface area contributed by atoms with E-state index in [0.717, 1.165) is 10.9 Å². The number of rotatable bonds is 4. The van der Waals surface area contributed by atoms with Gasteiger partial charge in [0.2, 0.25) is 5.91 Å². The first-order valence-electron chi connectivity index (χ1n) is 7.80. The van der Waals surface area contributed by atoms with E-state index in [0.29, 0.717) is 22.7 Å². The van der Waals surface area contributed by atoms with Crippen LogP contribution in [-0.4, -0.2) is 23.5 Å². The van der Waals surface area contributed by atoms with E-state index in [1.165, 1.54) is 6.92 Å². The maximum atomic E-state index is 12.7. The molecule has 0 unspecified atom stereocenters. The lowest BCUT2D eigenvalue weighted by Gasteiger charge is -2.07. The van der Waals surface area contributed by atoms with Gasteiger partial charge in [-0.1, -0.05) is 6.07 Å². The van der Waals surface area contributed by atoms with E-state index in [9.17, 15) is 9.59 Å². The highest BCUT2D eigenvalue weighted by atomic mass is 16.5. The molecule has 0 fully saturated rings. The van der Waals surface area contributed by atoms with Gasteiger partial charge in [-0.05, 0) is 36.4 Å². The molecule has 0 aliphatic heterocycles. The second kappa shape index (κ2) is 6.68. The normalized spacial score (nSPS) is 10.5. The molecule has 0 aliphatic rings. The Bertz CT molecular complexity index is 960. The predicted octanol–water partition coefficient (Wildman–Crippen LogP) is 3.40. The number of benzene rings is 2. The van der Waals surface area contributed by atoms with E-state index >= 15 is 0 Å². The molecule has 0 radical (unpaired) electrons. The third-order valence-corrected chi connectivity index (χ3v) is 3.88. The van der Waals surface area contributed by atoms with E-state index in [4.69, 9.17) is 4.74 Å². The molecule has 0 bridgehead atoms. The smallest absolute Gasteiger partial charge is 0.257 e. The Kier molecular flexibility index (Phi) is 4.43. The van der Waals surface area contributed by atoms with Crippen LogP contribution >= 0.6 is 0 Å². The minimum Gasteiger partial charge on any atom is -0.497 e. The number of aromatic nitrogens is 1. The molecule has 6 heteroatoms. The van der Waals surface area contributed by atoms with Gasteiger partial charge >= 0.3 is 0 Å². The van der Waals surface area contributed by atoms with Crippen LogP contribution in [0, 0.1) is 0 Å². The van der Waals surface area contributed by atoms with Gasteiger partial charge in [-0.3, -0.25) is 9.59 Å². The highest BCUT2D eigenvalue weighted by molar-refractivity contribution is 6.13. The van der Waals surface area contributed by atoms with Crippen LogP contribution in [0.1, 0.15) is 17.3 Å². The standard InChI is InChI=1S/C19H19N3O3/c1-12(23)20-13-5-4-6-14(9-13)21-19(24)17-11-22(2)18-8-7-15(25-3)10-16(17)18/h4-11H,1-3H3,(H,20,23)(H,21,24). The average molecular weight is 337 g/mol. The minimum absolute atomic E-state index is 0.162. The van der Waals surface area contributed by atoms with Gasteiger partial charge in [0.15, 0.2) is 0 Å². The maximum Gasteiger partial charge on any atom is 0.257 e. The first kappa shape index (κ1) is 16.6. The molecule has 1 aromatic heterocycles. The third-order valence-electron chi connectivity index (χ3n) is 3.88. The largest absolute Gasteiger partial charge is 0.497 e. The van der Waals surface area contributed by atoms with E-state index in [1.807, 2.05) is 29.8 Å². The quantitative estimate of drug-likeness (QED) is 0.766. The topological polar surface area (TPSA) is 72.4 Å². The Labute approximate surface area is 145 Å². The number of carbonyl (C=O) groups excluding carboxylic acids is 2. The van der Waals surface area contributed by atoms with Gasteiger partial charge in [-0.25, -0.2) is 0 Å². The molecule has 0 saturated carbocycles. The van der Waals surface area contributed by atoms with Crippen LogP contribution in [0.3, 0.4) is 0 Å². The fraction of sp³-hybridized carbons (Fsp3) is 0.158. The van der Waals surface area contributed by atoms with Crippen molar-refractivity contribution >= 4 is 34.1 Å². The molecule has 6 nitrogen and oxygen atoms in total. The van der Waals surface area contributed by atoms with Gasteiger partial charge in [0.05, 0.1) is 12.7 Å². The van der Waals surface area contributed by atoms with Crippen LogP contribution in [0.4, 0.5) is 11.4 Å². The summed E-state index contributed by atoms with van der Waals surface area (Å²) < 4.78 is 7.16. The van der Waals surface area contributed by atoms with Gasteiger partial charge in [0, 0.05) is 42.4 Å². The van der Waals surface area contributed by atoms with Gasteiger partial charge in [0.1, 0.15) is 5.75 Å². The second-order valence-electron chi connectivity index (χ2n) is 5.75. The number of hydrogen-bond acceptors (Lipinski definition) is 3. The zero-order valence-corrected chi connectivity index (χ0v) is 14.3. The number of hydrogen-bond donors (Lipinski definition) is 2. The van der Waals surface area contributed by atoms with Crippen molar-refractivity contribution in [2.75, 3.05) is 17.7 Å². The van der Waals surface area contributed by atoms with Crippen LogP contribution in [0.2, 0.25) is 0 Å². The van der Waals surface area contributed by atoms with Crippen molar-refractivity contribution in [3.05, 3.63) is 54.2 Å². The first-order chi connectivity index (χ1) is 12.0. The Hall–Kier alpha value is -3.28. The SMILES string of the molecule is COc1ccc2c(c1)c(C(=O)Nc1cccc(NC(C)=O)c1)cn2C. The van der Waals surface area contributed by atoms with Crippen LogP contribution in [0.15, 0.2) is 48.7 Å². The summed E-state index contributed by atoms with van der Waals surface area (Å²) in [4.78, 5) is 23.9. The molecule has 0 saturated heterocycles. The van der Waals surface area contributed by atoms with Crippen molar-refractivity contribution in [1.82, 2.24) is 4.57 Å². The molecule has 2 amide bonds. The highest BCUT2D eigenvalue weighted by Crippen LogP contribution is 2.26. The Morgan fingerprint density at radius 2 is 1.76 bits per heavy atom. The molecule has 3 aromatic rings. The third kappa shape index (κ3) is 3.47. The average Bonchev–Trinajstić information content (AvgIpc) is 2.91. The molecular formula is C19H19N3O3. The summed E-state index contributed by atoms with van der Waals surface area (Å²) in [5, 5.41) is 6.38. The minimum atomic E-state index is -0.223. The van der Waals surface area contributed by atoms with Gasteiger partial charge in [0.25, 0.3) is 5.91 Å². The molecule has 0 spiro atoms. The fourth-order valence-corrected chi connectivity index (χ4v) is 2.76. The van der Waals surface area contributed by atoms with Crippen LogP contribution in [0.25, 0.3) is 10.9 Å². The summed E-state index contributed by atoms with van der Waals surface area (Å²) in [5.41, 5.74) is 2.74. The van der Waals surface area contributed by atoms with E-state index in [2.05, 4.69) is 10.6 Å². The summed E-state index contributed by atoms with van der Waals surface area (Å²) in [6.07, 6.45) is 1.79. The molecule has 0 atom stereocenters. The number of methoxy groups -OCH3 is 1. The van der Waals surface area contributed by atoms with Crippen molar-refractivity contribution in [3.63, 3.8) is 0 Å². The fourth-order valence-electron chi connectivity index (χ4n) is 2.76. The summed E-state index contributed by atoms with van der Waals surface area (Å²) in [6.45, 7) is 1.44. The van der Waals surface area contributed by atoms with Crippen molar-refractivity contribution in [1.29, 1.82) is 0 Å². The number of nitrogens with one attached hydrogen (secondary N) is 2. The molecule has 25 heavy (non-hydrogen) atoms. The van der Waals surface area contributed by atoms with Gasteiger partial charge < -0.3 is 19.9 Å². The zero-order chi connectivity index (χ0) is 18.0. The van der Waals surface area contributed by atoms with Crippen molar-refractivity contribution in [2.24, 2.45) is 7.05 Å². The highest BCUT2D eigenvalue weighted by Gasteiger charge is 2.15. The number of aryl methyl sites for hydroxylation is 1. The van der Waals surface area contributed by atoms with Crippen molar-refractivity contribution in [2.45, 2.75) is 6.92 Å². The zero-order valence-electron chi connectivity index (χ0n) is 14.3. The Morgan fingerprint density at radius 1 is 1.04 bits per heavy atom. The summed E-state index contributed by atoms with van der Waals surface area (Å²) in [5.74, 6) is 0.309. The summed E-state index contributed by atoms with van der Waals surface area (Å²) in [7, 11) is 3.49. The van der Waals surface area contributed by atoms with E-state index in [-0.39, 0.29) is 11.8 Å². The predicted molar refractivity (Wildman–Crippen MR) is 98.2 cm³/mol. The van der Waals surface area contributed by atoms with Crippen LogP contribution in [-0.2, 0) is 11.8 Å². The Balaban J connectivity index is 1.91. The molecule has 2 N–H and O–H groups in total. The Morgan fingerprint density at radius 3 is 2.44 bits per heavy atom. The molecule has 0 aliphatic carbocycles.